The summed E-state index contributed by atoms with van der Waals surface area (Å²) in [5.74, 6) is 0.0624. The Bertz CT molecular complexity index is 913. The number of thioether (sulfide) groups is 1. The first kappa shape index (κ1) is 18.4. The van der Waals surface area contributed by atoms with Crippen LogP contribution in [0.4, 0.5) is 0 Å². The summed E-state index contributed by atoms with van der Waals surface area (Å²) in [6.45, 7) is 1.15. The van der Waals surface area contributed by atoms with Gasteiger partial charge in [-0.15, -0.1) is 0 Å². The smallest absolute Gasteiger partial charge is 0.337 e. The highest BCUT2D eigenvalue weighted by Gasteiger charge is 2.20. The van der Waals surface area contributed by atoms with Gasteiger partial charge in [0, 0.05) is 18.8 Å². The van der Waals surface area contributed by atoms with E-state index in [2.05, 4.69) is 11.1 Å². The molecule has 0 saturated carbocycles. The molecule has 0 amide bonds. The van der Waals surface area contributed by atoms with Crippen molar-refractivity contribution in [1.82, 2.24) is 9.55 Å². The monoisotopic (exact) mass is 373 g/mol. The molecule has 1 atom stereocenters. The van der Waals surface area contributed by atoms with Crippen molar-refractivity contribution in [3.8, 4) is 6.07 Å². The van der Waals surface area contributed by atoms with E-state index in [1.54, 1.807) is 22.8 Å². The fourth-order valence-corrected chi connectivity index (χ4v) is 3.75. The predicted octanol–water partition coefficient (Wildman–Crippen LogP) is 2.37. The third-order valence-electron chi connectivity index (χ3n) is 4.20. The lowest BCUT2D eigenvalue weighted by atomic mass is 10.1. The van der Waals surface area contributed by atoms with Gasteiger partial charge in [-0.2, -0.15) is 5.26 Å². The number of fused-ring (bicyclic) bond motifs is 1. The minimum absolute atomic E-state index is 0.00314. The van der Waals surface area contributed by atoms with Gasteiger partial charge in [-0.05, 0) is 31.0 Å². The van der Waals surface area contributed by atoms with Gasteiger partial charge < -0.3 is 9.47 Å². The van der Waals surface area contributed by atoms with E-state index in [1.807, 2.05) is 0 Å². The Balaban J connectivity index is 2.05. The second-order valence-corrected chi connectivity index (χ2v) is 6.99. The van der Waals surface area contributed by atoms with Gasteiger partial charge in [0.05, 0.1) is 42.3 Å². The molecule has 0 bridgehead atoms. The van der Waals surface area contributed by atoms with Gasteiger partial charge in [-0.1, -0.05) is 11.8 Å². The Morgan fingerprint density at radius 3 is 3.08 bits per heavy atom. The molecule has 1 aromatic heterocycles. The topological polar surface area (TPSA) is 94.2 Å². The van der Waals surface area contributed by atoms with Crippen LogP contribution in [0.25, 0.3) is 10.9 Å². The Labute approximate surface area is 154 Å². The average molecular weight is 373 g/mol. The molecule has 1 fully saturated rings. The average Bonchev–Trinajstić information content (AvgIpc) is 3.17. The molecule has 0 unspecified atom stereocenters. The van der Waals surface area contributed by atoms with Gasteiger partial charge in [-0.3, -0.25) is 9.36 Å². The van der Waals surface area contributed by atoms with Gasteiger partial charge in [-0.25, -0.2) is 9.78 Å². The zero-order chi connectivity index (χ0) is 18.5. The summed E-state index contributed by atoms with van der Waals surface area (Å²) < 4.78 is 12.0. The fraction of sp³-hybridized carbons (Fsp3) is 0.444. The lowest BCUT2D eigenvalue weighted by molar-refractivity contribution is 0.0601. The van der Waals surface area contributed by atoms with Crippen molar-refractivity contribution >= 4 is 28.6 Å². The predicted molar refractivity (Wildman–Crippen MR) is 97.3 cm³/mol. The molecule has 1 aliphatic rings. The van der Waals surface area contributed by atoms with Crippen LogP contribution in [-0.2, 0) is 16.0 Å². The molecular weight excluding hydrogens is 354 g/mol. The minimum atomic E-state index is -0.476. The van der Waals surface area contributed by atoms with Gasteiger partial charge >= 0.3 is 5.97 Å². The molecule has 1 aromatic carbocycles. The number of ether oxygens (including phenoxy) is 2. The second kappa shape index (κ2) is 8.34. The lowest BCUT2D eigenvalue weighted by Gasteiger charge is -2.16. The molecule has 8 heteroatoms. The van der Waals surface area contributed by atoms with Crippen molar-refractivity contribution in [2.24, 2.45) is 0 Å². The van der Waals surface area contributed by atoms with Crippen LogP contribution < -0.4 is 5.56 Å². The van der Waals surface area contributed by atoms with E-state index in [-0.39, 0.29) is 11.7 Å². The Hall–Kier alpha value is -2.37. The maximum Gasteiger partial charge on any atom is 0.337 e. The molecule has 7 nitrogen and oxygen atoms in total. The van der Waals surface area contributed by atoms with Crippen molar-refractivity contribution in [3.05, 3.63) is 34.1 Å². The maximum atomic E-state index is 13.0. The van der Waals surface area contributed by atoms with Crippen LogP contribution in [0.15, 0.2) is 28.2 Å². The number of aromatic nitrogens is 2. The summed E-state index contributed by atoms with van der Waals surface area (Å²) in [5, 5.41) is 9.75. The van der Waals surface area contributed by atoms with Crippen LogP contribution in [0.2, 0.25) is 0 Å². The molecule has 0 aliphatic carbocycles. The Morgan fingerprint density at radius 1 is 1.54 bits per heavy atom. The van der Waals surface area contributed by atoms with Crippen LogP contribution in [0, 0.1) is 11.3 Å². The van der Waals surface area contributed by atoms with Crippen molar-refractivity contribution in [2.45, 2.75) is 37.1 Å². The first-order valence-corrected chi connectivity index (χ1v) is 9.37. The number of nitrogens with zero attached hydrogens (tertiary/aromatic N) is 3. The quantitative estimate of drug-likeness (QED) is 0.332. The molecule has 2 heterocycles. The molecular formula is C18H19N3O4S. The van der Waals surface area contributed by atoms with E-state index >= 15 is 0 Å². The number of methoxy groups -OCH3 is 1. The highest BCUT2D eigenvalue weighted by molar-refractivity contribution is 7.99. The minimum Gasteiger partial charge on any atom is -0.465 e. The summed E-state index contributed by atoms with van der Waals surface area (Å²) >= 11 is 1.36. The van der Waals surface area contributed by atoms with Crippen molar-refractivity contribution in [2.75, 3.05) is 19.5 Å². The van der Waals surface area contributed by atoms with Crippen molar-refractivity contribution < 1.29 is 14.3 Å². The Morgan fingerprint density at radius 2 is 2.38 bits per heavy atom. The van der Waals surface area contributed by atoms with Crippen molar-refractivity contribution in [3.63, 3.8) is 0 Å². The first-order valence-electron chi connectivity index (χ1n) is 8.38. The van der Waals surface area contributed by atoms with E-state index in [9.17, 15) is 9.59 Å². The molecule has 1 saturated heterocycles. The number of nitriles is 1. The standard InChI is InChI=1S/C18H19N3O4S/c1-24-17(23)12-5-6-14-15(10-12)20-18(26-9-3-7-19)21(16(14)22)11-13-4-2-8-25-13/h5-6,10,13H,2-4,8-9,11H2,1H3/t13-/m1/s1. The normalized spacial score (nSPS) is 16.5. The lowest BCUT2D eigenvalue weighted by Crippen LogP contribution is -2.29. The van der Waals surface area contributed by atoms with Crippen LogP contribution in [-0.4, -0.2) is 41.1 Å². The first-order chi connectivity index (χ1) is 12.6. The maximum absolute atomic E-state index is 13.0. The summed E-state index contributed by atoms with van der Waals surface area (Å²) in [5.41, 5.74) is 0.624. The molecule has 136 valence electrons. The van der Waals surface area contributed by atoms with Gasteiger partial charge in [0.1, 0.15) is 0 Å². The summed E-state index contributed by atoms with van der Waals surface area (Å²) in [6.07, 6.45) is 2.26. The van der Waals surface area contributed by atoms with E-state index in [1.165, 1.54) is 18.9 Å². The van der Waals surface area contributed by atoms with Crippen LogP contribution in [0.3, 0.4) is 0 Å². The molecule has 26 heavy (non-hydrogen) atoms. The number of hydrogen-bond donors (Lipinski definition) is 0. The highest BCUT2D eigenvalue weighted by Crippen LogP contribution is 2.22. The second-order valence-electron chi connectivity index (χ2n) is 5.93. The molecule has 0 spiro atoms. The zero-order valence-electron chi connectivity index (χ0n) is 14.4. The number of carbonyl (C=O) groups is 1. The number of rotatable bonds is 6. The van der Waals surface area contributed by atoms with Gasteiger partial charge in [0.25, 0.3) is 5.56 Å². The van der Waals surface area contributed by atoms with Crippen LogP contribution in [0.5, 0.6) is 0 Å². The van der Waals surface area contributed by atoms with E-state index in [0.717, 1.165) is 12.8 Å². The number of benzene rings is 1. The zero-order valence-corrected chi connectivity index (χ0v) is 15.3. The molecule has 0 N–H and O–H groups in total. The number of carbonyl (C=O) groups excluding carboxylic acids is 1. The van der Waals surface area contributed by atoms with E-state index in [0.29, 0.717) is 46.9 Å². The van der Waals surface area contributed by atoms with Gasteiger partial charge in [0.15, 0.2) is 5.16 Å². The molecule has 1 aliphatic heterocycles. The fourth-order valence-electron chi connectivity index (χ4n) is 2.90. The molecule has 3 rings (SSSR count). The number of hydrogen-bond acceptors (Lipinski definition) is 7. The third-order valence-corrected chi connectivity index (χ3v) is 5.17. The van der Waals surface area contributed by atoms with E-state index < -0.39 is 5.97 Å². The summed E-state index contributed by atoms with van der Waals surface area (Å²) in [6, 6.07) is 6.82. The molecule has 0 radical (unpaired) electrons. The SMILES string of the molecule is COC(=O)c1ccc2c(=O)n(C[C@H]3CCCO3)c(SCCC#N)nc2c1. The Kier molecular flexibility index (Phi) is 5.91. The third kappa shape index (κ3) is 3.89. The highest BCUT2D eigenvalue weighted by atomic mass is 32.2. The van der Waals surface area contributed by atoms with E-state index in [4.69, 9.17) is 14.7 Å². The molecule has 2 aromatic rings. The van der Waals surface area contributed by atoms with Crippen LogP contribution >= 0.6 is 11.8 Å². The number of esters is 1. The van der Waals surface area contributed by atoms with Crippen LogP contribution in [0.1, 0.15) is 29.6 Å². The van der Waals surface area contributed by atoms with Gasteiger partial charge in [0.2, 0.25) is 0 Å². The van der Waals surface area contributed by atoms with Crippen molar-refractivity contribution in [1.29, 1.82) is 5.26 Å². The largest absolute Gasteiger partial charge is 0.465 e. The summed E-state index contributed by atoms with van der Waals surface area (Å²) in [4.78, 5) is 29.3. The summed E-state index contributed by atoms with van der Waals surface area (Å²) in [7, 11) is 1.31.